The first kappa shape index (κ1) is 15.2. The molecule has 0 N–H and O–H groups in total. The van der Waals surface area contributed by atoms with Crippen LogP contribution >= 0.6 is 0 Å². The Labute approximate surface area is 137 Å². The standard InChI is InChI=1S/C22H20O/c1-16-8-10-20(11-9-16)22(19-6-4-3-5-7-19)21-14-12-18(13-15-21)17(2)23/h3-15,22H,1-2H3. The summed E-state index contributed by atoms with van der Waals surface area (Å²) in [7, 11) is 0. The zero-order valence-electron chi connectivity index (χ0n) is 13.5. The lowest BCUT2D eigenvalue weighted by Gasteiger charge is -2.19. The lowest BCUT2D eigenvalue weighted by atomic mass is 9.84. The highest BCUT2D eigenvalue weighted by atomic mass is 16.1. The molecule has 0 aromatic heterocycles. The first-order chi connectivity index (χ1) is 11.1. The Morgan fingerprint density at radius 1 is 0.696 bits per heavy atom. The van der Waals surface area contributed by atoms with E-state index < -0.39 is 0 Å². The summed E-state index contributed by atoms with van der Waals surface area (Å²) in [6.45, 7) is 3.70. The zero-order valence-corrected chi connectivity index (χ0v) is 13.5. The van der Waals surface area contributed by atoms with Crippen molar-refractivity contribution in [1.29, 1.82) is 0 Å². The molecule has 1 atom stereocenters. The molecule has 1 unspecified atom stereocenters. The van der Waals surface area contributed by atoms with Crippen molar-refractivity contribution in [3.05, 3.63) is 107 Å². The van der Waals surface area contributed by atoms with Crippen LogP contribution in [0.5, 0.6) is 0 Å². The van der Waals surface area contributed by atoms with Gasteiger partial charge in [-0.05, 0) is 30.5 Å². The first-order valence-electron chi connectivity index (χ1n) is 7.87. The molecule has 1 heteroatoms. The quantitative estimate of drug-likeness (QED) is 0.467. The van der Waals surface area contributed by atoms with Gasteiger partial charge in [-0.1, -0.05) is 84.4 Å². The summed E-state index contributed by atoms with van der Waals surface area (Å²) in [4.78, 5) is 11.5. The molecule has 3 aromatic carbocycles. The largest absolute Gasteiger partial charge is 0.295 e. The van der Waals surface area contributed by atoms with Crippen LogP contribution in [0.3, 0.4) is 0 Å². The second-order valence-electron chi connectivity index (χ2n) is 5.93. The first-order valence-corrected chi connectivity index (χ1v) is 7.87. The number of ketones is 1. The van der Waals surface area contributed by atoms with E-state index in [2.05, 4.69) is 67.6 Å². The van der Waals surface area contributed by atoms with E-state index in [1.165, 1.54) is 22.3 Å². The average molecular weight is 300 g/mol. The average Bonchev–Trinajstić information content (AvgIpc) is 2.58. The van der Waals surface area contributed by atoms with Crippen LogP contribution in [0, 0.1) is 6.92 Å². The third-order valence-electron chi connectivity index (χ3n) is 4.19. The fraction of sp³-hybridized carbons (Fsp3) is 0.136. The van der Waals surface area contributed by atoms with Crippen LogP contribution in [0.25, 0.3) is 0 Å². The van der Waals surface area contributed by atoms with Gasteiger partial charge in [-0.3, -0.25) is 4.79 Å². The van der Waals surface area contributed by atoms with Crippen LogP contribution in [-0.4, -0.2) is 5.78 Å². The fourth-order valence-electron chi connectivity index (χ4n) is 2.89. The molecule has 114 valence electrons. The maximum Gasteiger partial charge on any atom is 0.159 e. The van der Waals surface area contributed by atoms with E-state index in [1.807, 2.05) is 18.2 Å². The molecule has 0 spiro atoms. The Balaban J connectivity index is 2.08. The molecule has 0 saturated heterocycles. The van der Waals surface area contributed by atoms with E-state index in [1.54, 1.807) is 6.92 Å². The third kappa shape index (κ3) is 3.40. The number of aryl methyl sites for hydroxylation is 1. The van der Waals surface area contributed by atoms with Crippen LogP contribution in [0.4, 0.5) is 0 Å². The van der Waals surface area contributed by atoms with Gasteiger partial charge in [0.1, 0.15) is 0 Å². The van der Waals surface area contributed by atoms with Crippen molar-refractivity contribution in [3.63, 3.8) is 0 Å². The van der Waals surface area contributed by atoms with E-state index in [0.29, 0.717) is 0 Å². The van der Waals surface area contributed by atoms with Gasteiger partial charge in [0.15, 0.2) is 5.78 Å². The van der Waals surface area contributed by atoms with E-state index in [4.69, 9.17) is 0 Å². The van der Waals surface area contributed by atoms with Crippen LogP contribution in [-0.2, 0) is 0 Å². The Bertz CT molecular complexity index is 784. The Morgan fingerprint density at radius 3 is 1.70 bits per heavy atom. The summed E-state index contributed by atoms with van der Waals surface area (Å²) in [5.41, 5.74) is 5.73. The topological polar surface area (TPSA) is 17.1 Å². The van der Waals surface area contributed by atoms with E-state index in [0.717, 1.165) is 5.56 Å². The fourth-order valence-corrected chi connectivity index (χ4v) is 2.89. The molecule has 0 saturated carbocycles. The Hall–Kier alpha value is -2.67. The molecule has 23 heavy (non-hydrogen) atoms. The van der Waals surface area contributed by atoms with Crippen molar-refractivity contribution >= 4 is 5.78 Å². The molecule has 0 aliphatic rings. The van der Waals surface area contributed by atoms with Gasteiger partial charge >= 0.3 is 0 Å². The van der Waals surface area contributed by atoms with Gasteiger partial charge < -0.3 is 0 Å². The molecule has 1 nitrogen and oxygen atoms in total. The van der Waals surface area contributed by atoms with Gasteiger partial charge in [0.2, 0.25) is 0 Å². The molecule has 0 aliphatic carbocycles. The van der Waals surface area contributed by atoms with Crippen LogP contribution in [0.15, 0.2) is 78.9 Å². The Morgan fingerprint density at radius 2 is 1.17 bits per heavy atom. The van der Waals surface area contributed by atoms with Gasteiger partial charge in [0.25, 0.3) is 0 Å². The maximum atomic E-state index is 11.5. The number of carbonyl (C=O) groups is 1. The molecule has 3 aromatic rings. The van der Waals surface area contributed by atoms with Crippen LogP contribution in [0.2, 0.25) is 0 Å². The summed E-state index contributed by atoms with van der Waals surface area (Å²) in [6, 6.07) is 27.1. The van der Waals surface area contributed by atoms with Gasteiger partial charge in [0.05, 0.1) is 0 Å². The summed E-state index contributed by atoms with van der Waals surface area (Å²) in [5.74, 6) is 0.279. The summed E-state index contributed by atoms with van der Waals surface area (Å²) in [6.07, 6.45) is 0. The van der Waals surface area contributed by atoms with Crippen LogP contribution in [0.1, 0.15) is 45.5 Å². The minimum absolute atomic E-state index is 0.100. The molecule has 0 radical (unpaired) electrons. The number of hydrogen-bond acceptors (Lipinski definition) is 1. The number of hydrogen-bond donors (Lipinski definition) is 0. The highest BCUT2D eigenvalue weighted by Crippen LogP contribution is 2.32. The van der Waals surface area contributed by atoms with Gasteiger partial charge in [-0.2, -0.15) is 0 Å². The SMILES string of the molecule is CC(=O)c1ccc(C(c2ccccc2)c2ccc(C)cc2)cc1. The van der Waals surface area contributed by atoms with Crippen LogP contribution < -0.4 is 0 Å². The van der Waals surface area contributed by atoms with Gasteiger partial charge in [-0.25, -0.2) is 0 Å². The molecule has 0 amide bonds. The second-order valence-corrected chi connectivity index (χ2v) is 5.93. The molecule has 0 heterocycles. The summed E-state index contributed by atoms with van der Waals surface area (Å²) in [5, 5.41) is 0. The Kier molecular flexibility index (Phi) is 4.38. The van der Waals surface area contributed by atoms with E-state index in [-0.39, 0.29) is 11.7 Å². The van der Waals surface area contributed by atoms with Crippen molar-refractivity contribution in [2.24, 2.45) is 0 Å². The smallest absolute Gasteiger partial charge is 0.159 e. The monoisotopic (exact) mass is 300 g/mol. The van der Waals surface area contributed by atoms with Gasteiger partial charge in [-0.15, -0.1) is 0 Å². The molecule has 3 rings (SSSR count). The van der Waals surface area contributed by atoms with E-state index in [9.17, 15) is 4.79 Å². The predicted octanol–water partition coefficient (Wildman–Crippen LogP) is 5.38. The predicted molar refractivity (Wildman–Crippen MR) is 95.0 cm³/mol. The van der Waals surface area contributed by atoms with Crippen molar-refractivity contribution in [3.8, 4) is 0 Å². The molecule has 0 fully saturated rings. The molecular formula is C22H20O. The lowest BCUT2D eigenvalue weighted by Crippen LogP contribution is -2.04. The van der Waals surface area contributed by atoms with Crippen molar-refractivity contribution in [1.82, 2.24) is 0 Å². The minimum Gasteiger partial charge on any atom is -0.295 e. The maximum absolute atomic E-state index is 11.5. The van der Waals surface area contributed by atoms with Crippen molar-refractivity contribution < 1.29 is 4.79 Å². The molecule has 0 aliphatic heterocycles. The third-order valence-corrected chi connectivity index (χ3v) is 4.19. The summed E-state index contributed by atoms with van der Waals surface area (Å²) < 4.78 is 0. The lowest BCUT2D eigenvalue weighted by molar-refractivity contribution is 0.101. The van der Waals surface area contributed by atoms with Crippen molar-refractivity contribution in [2.45, 2.75) is 19.8 Å². The number of carbonyl (C=O) groups excluding carboxylic acids is 1. The normalized spacial score (nSPS) is 11.9. The van der Waals surface area contributed by atoms with Gasteiger partial charge in [0, 0.05) is 11.5 Å². The second kappa shape index (κ2) is 6.62. The highest BCUT2D eigenvalue weighted by Gasteiger charge is 2.16. The highest BCUT2D eigenvalue weighted by molar-refractivity contribution is 5.94. The zero-order chi connectivity index (χ0) is 16.2. The molecule has 0 bridgehead atoms. The number of Topliss-reactive ketones (excluding diaryl/α,β-unsaturated/α-hetero) is 1. The minimum atomic E-state index is 0.100. The summed E-state index contributed by atoms with van der Waals surface area (Å²) >= 11 is 0. The number of rotatable bonds is 4. The van der Waals surface area contributed by atoms with Crippen molar-refractivity contribution in [2.75, 3.05) is 0 Å². The van der Waals surface area contributed by atoms with E-state index >= 15 is 0 Å². The number of benzene rings is 3. The molecular weight excluding hydrogens is 280 g/mol.